The first kappa shape index (κ1) is 16.9. The first-order valence-electron chi connectivity index (χ1n) is 6.76. The zero-order chi connectivity index (χ0) is 15.0. The summed E-state index contributed by atoms with van der Waals surface area (Å²) in [7, 11) is 1.61. The molecule has 0 aromatic heterocycles. The zero-order valence-corrected chi connectivity index (χ0v) is 12.5. The molecule has 0 spiro atoms. The lowest BCUT2D eigenvalue weighted by Crippen LogP contribution is -2.24. The Morgan fingerprint density at radius 1 is 1.15 bits per heavy atom. The van der Waals surface area contributed by atoms with E-state index >= 15 is 0 Å². The molecule has 5 nitrogen and oxygen atoms in total. The van der Waals surface area contributed by atoms with Gasteiger partial charge in [0.2, 0.25) is 0 Å². The zero-order valence-electron chi connectivity index (χ0n) is 12.5. The van der Waals surface area contributed by atoms with Crippen LogP contribution in [0.1, 0.15) is 16.7 Å². The average molecular weight is 283 g/mol. The molecule has 0 aliphatic rings. The molecule has 1 atom stereocenters. The van der Waals surface area contributed by atoms with Gasteiger partial charge in [-0.1, -0.05) is 12.1 Å². The van der Waals surface area contributed by atoms with E-state index in [2.05, 4.69) is 0 Å². The summed E-state index contributed by atoms with van der Waals surface area (Å²) < 4.78 is 15.8. The van der Waals surface area contributed by atoms with Gasteiger partial charge in [0, 0.05) is 13.7 Å². The third-order valence-electron chi connectivity index (χ3n) is 2.92. The molecular weight excluding hydrogens is 258 g/mol. The standard InChI is InChI=1S/C15H25NO4/c1-11-6-13(8-16)7-12(2)15(11)20-10-14(17)9-19-5-4-18-3/h6-7,14,17H,4-5,8-10,16H2,1-3H3. The third kappa shape index (κ3) is 5.46. The highest BCUT2D eigenvalue weighted by Crippen LogP contribution is 2.24. The first-order chi connectivity index (χ1) is 9.58. The second-order valence-electron chi connectivity index (χ2n) is 4.80. The summed E-state index contributed by atoms with van der Waals surface area (Å²) >= 11 is 0. The Morgan fingerprint density at radius 3 is 2.35 bits per heavy atom. The minimum absolute atomic E-state index is 0.205. The van der Waals surface area contributed by atoms with Gasteiger partial charge < -0.3 is 25.1 Å². The summed E-state index contributed by atoms with van der Waals surface area (Å²) in [5.74, 6) is 0.804. The normalized spacial score (nSPS) is 12.4. The van der Waals surface area contributed by atoms with Crippen LogP contribution in [0.15, 0.2) is 12.1 Å². The number of hydrogen-bond acceptors (Lipinski definition) is 5. The average Bonchev–Trinajstić information content (AvgIpc) is 2.42. The highest BCUT2D eigenvalue weighted by molar-refractivity contribution is 5.43. The van der Waals surface area contributed by atoms with Gasteiger partial charge in [-0.2, -0.15) is 0 Å². The van der Waals surface area contributed by atoms with Gasteiger partial charge in [-0.25, -0.2) is 0 Å². The van der Waals surface area contributed by atoms with E-state index in [4.69, 9.17) is 19.9 Å². The molecule has 0 heterocycles. The third-order valence-corrected chi connectivity index (χ3v) is 2.92. The van der Waals surface area contributed by atoms with E-state index < -0.39 is 6.10 Å². The Hall–Kier alpha value is -1.14. The fourth-order valence-corrected chi connectivity index (χ4v) is 1.97. The number of methoxy groups -OCH3 is 1. The summed E-state index contributed by atoms with van der Waals surface area (Å²) in [6.45, 7) is 5.89. The van der Waals surface area contributed by atoms with Crippen LogP contribution in [0.25, 0.3) is 0 Å². The number of rotatable bonds is 9. The maximum atomic E-state index is 9.78. The van der Waals surface area contributed by atoms with E-state index in [0.29, 0.717) is 19.8 Å². The van der Waals surface area contributed by atoms with Gasteiger partial charge in [-0.05, 0) is 30.5 Å². The van der Waals surface area contributed by atoms with Gasteiger partial charge in [0.15, 0.2) is 0 Å². The number of benzene rings is 1. The molecule has 3 N–H and O–H groups in total. The summed E-state index contributed by atoms with van der Waals surface area (Å²) in [5, 5.41) is 9.78. The second kappa shape index (κ2) is 8.92. The van der Waals surface area contributed by atoms with Gasteiger partial charge in [0.05, 0.1) is 19.8 Å². The van der Waals surface area contributed by atoms with Crippen LogP contribution in [-0.2, 0) is 16.0 Å². The van der Waals surface area contributed by atoms with Crippen molar-refractivity contribution in [3.8, 4) is 5.75 Å². The van der Waals surface area contributed by atoms with E-state index in [-0.39, 0.29) is 13.2 Å². The van der Waals surface area contributed by atoms with E-state index in [9.17, 15) is 5.11 Å². The minimum Gasteiger partial charge on any atom is -0.490 e. The predicted octanol–water partition coefficient (Wildman–Crippen LogP) is 1.16. The monoisotopic (exact) mass is 283 g/mol. The van der Waals surface area contributed by atoms with Crippen LogP contribution in [0.3, 0.4) is 0 Å². The summed E-state index contributed by atoms with van der Waals surface area (Å²) in [5.41, 5.74) is 8.76. The fourth-order valence-electron chi connectivity index (χ4n) is 1.97. The predicted molar refractivity (Wildman–Crippen MR) is 78.0 cm³/mol. The summed E-state index contributed by atoms with van der Waals surface area (Å²) in [6, 6.07) is 4.01. The highest BCUT2D eigenvalue weighted by atomic mass is 16.5. The molecule has 0 aliphatic carbocycles. The summed E-state index contributed by atoms with van der Waals surface area (Å²) in [6.07, 6.45) is -0.653. The van der Waals surface area contributed by atoms with E-state index in [0.717, 1.165) is 22.4 Å². The summed E-state index contributed by atoms with van der Waals surface area (Å²) in [4.78, 5) is 0. The van der Waals surface area contributed by atoms with Crippen LogP contribution >= 0.6 is 0 Å². The number of ether oxygens (including phenoxy) is 3. The van der Waals surface area contributed by atoms with Crippen molar-refractivity contribution in [3.05, 3.63) is 28.8 Å². The molecule has 1 rings (SSSR count). The number of hydrogen-bond donors (Lipinski definition) is 2. The van der Waals surface area contributed by atoms with Crippen molar-refractivity contribution < 1.29 is 19.3 Å². The van der Waals surface area contributed by atoms with E-state index in [1.165, 1.54) is 0 Å². The lowest BCUT2D eigenvalue weighted by Gasteiger charge is -2.16. The molecule has 0 amide bonds. The lowest BCUT2D eigenvalue weighted by atomic mass is 10.1. The molecule has 5 heteroatoms. The van der Waals surface area contributed by atoms with Crippen LogP contribution in [0.5, 0.6) is 5.75 Å². The molecular formula is C15H25NO4. The SMILES string of the molecule is COCCOCC(O)COc1c(C)cc(CN)cc1C. The Balaban J connectivity index is 2.45. The second-order valence-corrected chi connectivity index (χ2v) is 4.80. The lowest BCUT2D eigenvalue weighted by molar-refractivity contribution is -0.00437. The van der Waals surface area contributed by atoms with E-state index in [1.54, 1.807) is 7.11 Å². The molecule has 0 aliphatic heterocycles. The number of nitrogens with two attached hydrogens (primary N) is 1. The van der Waals surface area contributed by atoms with Crippen LogP contribution in [-0.4, -0.2) is 44.7 Å². The minimum atomic E-state index is -0.653. The molecule has 114 valence electrons. The Kier molecular flexibility index (Phi) is 7.54. The number of aliphatic hydroxyl groups is 1. The van der Waals surface area contributed by atoms with Gasteiger partial charge in [-0.15, -0.1) is 0 Å². The quantitative estimate of drug-likeness (QED) is 0.665. The number of aryl methyl sites for hydroxylation is 2. The van der Waals surface area contributed by atoms with Crippen molar-refractivity contribution >= 4 is 0 Å². The van der Waals surface area contributed by atoms with Crippen molar-refractivity contribution in [2.24, 2.45) is 5.73 Å². The molecule has 0 bridgehead atoms. The van der Waals surface area contributed by atoms with Crippen molar-refractivity contribution in [1.82, 2.24) is 0 Å². The first-order valence-corrected chi connectivity index (χ1v) is 6.76. The van der Waals surface area contributed by atoms with Gasteiger partial charge in [-0.3, -0.25) is 0 Å². The smallest absolute Gasteiger partial charge is 0.125 e. The van der Waals surface area contributed by atoms with Crippen molar-refractivity contribution in [3.63, 3.8) is 0 Å². The molecule has 1 aromatic carbocycles. The van der Waals surface area contributed by atoms with Gasteiger partial charge >= 0.3 is 0 Å². The van der Waals surface area contributed by atoms with Gasteiger partial charge in [0.1, 0.15) is 18.5 Å². The topological polar surface area (TPSA) is 73.9 Å². The van der Waals surface area contributed by atoms with Crippen LogP contribution in [0.2, 0.25) is 0 Å². The maximum absolute atomic E-state index is 9.78. The molecule has 20 heavy (non-hydrogen) atoms. The van der Waals surface area contributed by atoms with Gasteiger partial charge in [0.25, 0.3) is 0 Å². The molecule has 1 aromatic rings. The maximum Gasteiger partial charge on any atom is 0.125 e. The largest absolute Gasteiger partial charge is 0.490 e. The molecule has 0 saturated heterocycles. The Morgan fingerprint density at radius 2 is 1.80 bits per heavy atom. The fraction of sp³-hybridized carbons (Fsp3) is 0.600. The van der Waals surface area contributed by atoms with Crippen molar-refractivity contribution in [1.29, 1.82) is 0 Å². The molecule has 0 fully saturated rings. The Labute approximate surface area is 120 Å². The molecule has 0 radical (unpaired) electrons. The van der Waals surface area contributed by atoms with Crippen molar-refractivity contribution in [2.45, 2.75) is 26.5 Å². The van der Waals surface area contributed by atoms with Crippen molar-refractivity contribution in [2.75, 3.05) is 33.5 Å². The molecule has 0 saturated carbocycles. The van der Waals surface area contributed by atoms with Crippen LogP contribution < -0.4 is 10.5 Å². The number of aliphatic hydroxyl groups excluding tert-OH is 1. The highest BCUT2D eigenvalue weighted by Gasteiger charge is 2.10. The van der Waals surface area contributed by atoms with Crippen LogP contribution in [0.4, 0.5) is 0 Å². The Bertz CT molecular complexity index is 386. The van der Waals surface area contributed by atoms with E-state index in [1.807, 2.05) is 26.0 Å². The van der Waals surface area contributed by atoms with Crippen LogP contribution in [0, 0.1) is 13.8 Å². The molecule has 1 unspecified atom stereocenters.